The van der Waals surface area contributed by atoms with Crippen molar-refractivity contribution >= 4 is 35.6 Å². The second-order valence-electron chi connectivity index (χ2n) is 8.29. The molecule has 0 unspecified atom stereocenters. The van der Waals surface area contributed by atoms with Crippen molar-refractivity contribution in [3.63, 3.8) is 0 Å². The third kappa shape index (κ3) is 4.13. The highest BCUT2D eigenvalue weighted by Gasteiger charge is 2.46. The Morgan fingerprint density at radius 2 is 1.97 bits per heavy atom. The lowest BCUT2D eigenvalue weighted by Crippen LogP contribution is -2.42. The number of rotatable bonds is 5. The van der Waals surface area contributed by atoms with Crippen LogP contribution in [0.1, 0.15) is 52.9 Å². The van der Waals surface area contributed by atoms with Crippen LogP contribution in [0.4, 0.5) is 0 Å². The van der Waals surface area contributed by atoms with Crippen molar-refractivity contribution < 1.29 is 19.1 Å². The normalized spacial score (nSPS) is 21.6. The molecule has 2 aliphatic rings. The van der Waals surface area contributed by atoms with E-state index in [-0.39, 0.29) is 23.9 Å². The third-order valence-electron chi connectivity index (χ3n) is 6.12. The van der Waals surface area contributed by atoms with Crippen molar-refractivity contribution in [1.82, 2.24) is 10.3 Å². The number of thioether (sulfide) groups is 1. The van der Waals surface area contributed by atoms with Crippen LogP contribution >= 0.6 is 23.4 Å². The van der Waals surface area contributed by atoms with Crippen molar-refractivity contribution in [3.8, 4) is 11.5 Å². The maximum atomic E-state index is 13.0. The molecule has 1 saturated carbocycles. The Kier molecular flexibility index (Phi) is 6.27. The Balaban J connectivity index is 1.55. The lowest BCUT2D eigenvalue weighted by Gasteiger charge is -2.33. The fraction of sp³-hybridized carbons (Fsp3) is 0.435. The maximum absolute atomic E-state index is 13.0. The molecule has 0 radical (unpaired) electrons. The van der Waals surface area contributed by atoms with E-state index in [0.717, 1.165) is 16.9 Å². The van der Waals surface area contributed by atoms with Gasteiger partial charge < -0.3 is 24.6 Å². The number of H-pyrrole nitrogens is 1. The number of nitrogens with one attached hydrogen (secondary N) is 2. The number of benzene rings is 1. The topological polar surface area (TPSA) is 97.5 Å². The summed E-state index contributed by atoms with van der Waals surface area (Å²) < 4.78 is 12.3. The number of hydrogen-bond donors (Lipinski definition) is 2. The van der Waals surface area contributed by atoms with Gasteiger partial charge in [0.1, 0.15) is 6.29 Å². The highest BCUT2D eigenvalue weighted by Crippen LogP contribution is 2.51. The molecule has 1 spiro atoms. The summed E-state index contributed by atoms with van der Waals surface area (Å²) in [6, 6.07) is 3.45. The van der Waals surface area contributed by atoms with Gasteiger partial charge in [-0.1, -0.05) is 11.6 Å². The first-order chi connectivity index (χ1) is 15.3. The Hall–Kier alpha value is -2.45. The first-order valence-electron chi connectivity index (χ1n) is 10.5. The molecule has 9 heteroatoms. The van der Waals surface area contributed by atoms with Gasteiger partial charge in [-0.15, -0.1) is 11.8 Å². The van der Waals surface area contributed by atoms with Crippen LogP contribution in [0, 0.1) is 19.8 Å². The van der Waals surface area contributed by atoms with Crippen LogP contribution in [0.5, 0.6) is 11.5 Å². The van der Waals surface area contributed by atoms with E-state index < -0.39 is 5.79 Å². The smallest absolute Gasteiger partial charge is 0.254 e. The number of halogens is 1. The maximum Gasteiger partial charge on any atom is 0.254 e. The molecule has 0 atom stereocenters. The molecule has 0 bridgehead atoms. The highest BCUT2D eigenvalue weighted by atomic mass is 35.5. The summed E-state index contributed by atoms with van der Waals surface area (Å²) in [5.74, 6) is -0.276. The minimum absolute atomic E-state index is 0.0190. The van der Waals surface area contributed by atoms with E-state index in [2.05, 4.69) is 10.3 Å². The molecule has 1 aromatic carbocycles. The van der Waals surface area contributed by atoms with E-state index >= 15 is 0 Å². The first kappa shape index (κ1) is 22.7. The third-order valence-corrected chi connectivity index (χ3v) is 7.20. The zero-order chi connectivity index (χ0) is 23.0. The summed E-state index contributed by atoms with van der Waals surface area (Å²) in [5.41, 5.74) is 2.04. The molecule has 32 heavy (non-hydrogen) atoms. The number of aromatic nitrogens is 1. The molecule has 2 aromatic rings. The van der Waals surface area contributed by atoms with Crippen LogP contribution < -0.4 is 20.3 Å². The molecule has 2 N–H and O–H groups in total. The quantitative estimate of drug-likeness (QED) is 0.497. The Morgan fingerprint density at radius 3 is 2.62 bits per heavy atom. The van der Waals surface area contributed by atoms with Crippen LogP contribution in [-0.4, -0.2) is 29.2 Å². The lowest BCUT2D eigenvalue weighted by molar-refractivity contribution is -0.126. The Morgan fingerprint density at radius 1 is 1.28 bits per heavy atom. The number of ether oxygens (including phenoxy) is 2. The van der Waals surface area contributed by atoms with E-state index in [0.29, 0.717) is 58.9 Å². The molecule has 4 rings (SSSR count). The van der Waals surface area contributed by atoms with Gasteiger partial charge in [-0.05, 0) is 45.1 Å². The number of carbonyl (C=O) groups is 2. The lowest BCUT2D eigenvalue weighted by atomic mass is 9.86. The van der Waals surface area contributed by atoms with Crippen molar-refractivity contribution in [2.75, 3.05) is 6.26 Å². The summed E-state index contributed by atoms with van der Waals surface area (Å²) in [5, 5.41) is 3.12. The number of aryl methyl sites for hydroxylation is 1. The molecule has 1 amide bonds. The van der Waals surface area contributed by atoms with Crippen LogP contribution in [0.15, 0.2) is 21.8 Å². The largest absolute Gasteiger partial charge is 0.448 e. The number of aldehydes is 1. The first-order valence-corrected chi connectivity index (χ1v) is 12.1. The molecule has 1 fully saturated rings. The van der Waals surface area contributed by atoms with Crippen LogP contribution in [0.3, 0.4) is 0 Å². The highest BCUT2D eigenvalue weighted by molar-refractivity contribution is 7.98. The summed E-state index contributed by atoms with van der Waals surface area (Å²) in [6.07, 6.45) is 5.40. The van der Waals surface area contributed by atoms with Crippen molar-refractivity contribution in [1.29, 1.82) is 0 Å². The van der Waals surface area contributed by atoms with Crippen LogP contribution in [0.25, 0.3) is 0 Å². The minimum atomic E-state index is -0.839. The molecule has 1 aliphatic heterocycles. The number of aromatic amines is 1. The summed E-state index contributed by atoms with van der Waals surface area (Å²) in [4.78, 5) is 40.0. The minimum Gasteiger partial charge on any atom is -0.448 e. The van der Waals surface area contributed by atoms with Gasteiger partial charge in [0, 0.05) is 52.6 Å². The van der Waals surface area contributed by atoms with Gasteiger partial charge in [0.25, 0.3) is 17.3 Å². The van der Waals surface area contributed by atoms with Crippen molar-refractivity contribution in [2.24, 2.45) is 5.92 Å². The standard InChI is InChI=1S/C23H25ClN2O5S/c1-12-8-18(32-3)16(22(29)26-12)10-25-21(28)15-9-17(24)20-19(13(15)2)30-23(31-20)6-4-14(11-27)5-7-23/h8-9,11,14H,4-7,10H2,1-3H3,(H,25,28)(H,26,29). The summed E-state index contributed by atoms with van der Waals surface area (Å²) in [6.45, 7) is 3.70. The number of fused-ring (bicyclic) bond motifs is 1. The molecular formula is C23H25ClN2O5S. The van der Waals surface area contributed by atoms with Gasteiger partial charge in [0.15, 0.2) is 11.5 Å². The van der Waals surface area contributed by atoms with Gasteiger partial charge in [0.05, 0.1) is 5.02 Å². The molecule has 1 aromatic heterocycles. The number of hydrogen-bond acceptors (Lipinski definition) is 6. The van der Waals surface area contributed by atoms with Gasteiger partial charge in [-0.25, -0.2) is 0 Å². The Bertz CT molecular complexity index is 1140. The molecule has 170 valence electrons. The second kappa shape index (κ2) is 8.83. The van der Waals surface area contributed by atoms with Crippen molar-refractivity contribution in [2.45, 2.75) is 56.8 Å². The molecule has 1 aliphatic carbocycles. The molecule has 7 nitrogen and oxygen atoms in total. The average Bonchev–Trinajstić information content (AvgIpc) is 3.15. The zero-order valence-corrected chi connectivity index (χ0v) is 19.7. The predicted octanol–water partition coefficient (Wildman–Crippen LogP) is 4.15. The van der Waals surface area contributed by atoms with E-state index in [1.165, 1.54) is 11.8 Å². The predicted molar refractivity (Wildman–Crippen MR) is 123 cm³/mol. The molecule has 0 saturated heterocycles. The van der Waals surface area contributed by atoms with Gasteiger partial charge in [-0.2, -0.15) is 0 Å². The second-order valence-corrected chi connectivity index (χ2v) is 9.54. The van der Waals surface area contributed by atoms with E-state index in [4.69, 9.17) is 21.1 Å². The molecule has 2 heterocycles. The van der Waals surface area contributed by atoms with Crippen LogP contribution in [0.2, 0.25) is 5.02 Å². The fourth-order valence-corrected chi connectivity index (χ4v) is 5.21. The number of amides is 1. The van der Waals surface area contributed by atoms with E-state index in [9.17, 15) is 14.4 Å². The van der Waals surface area contributed by atoms with Gasteiger partial charge in [0.2, 0.25) is 0 Å². The van der Waals surface area contributed by atoms with Crippen LogP contribution in [-0.2, 0) is 11.3 Å². The van der Waals surface area contributed by atoms with Gasteiger partial charge in [-0.3, -0.25) is 9.59 Å². The Labute approximate surface area is 195 Å². The number of carbonyl (C=O) groups excluding carboxylic acids is 2. The van der Waals surface area contributed by atoms with E-state index in [1.807, 2.05) is 19.2 Å². The molecular weight excluding hydrogens is 452 g/mol. The van der Waals surface area contributed by atoms with E-state index in [1.54, 1.807) is 13.0 Å². The number of pyridine rings is 1. The van der Waals surface area contributed by atoms with Crippen molar-refractivity contribution in [3.05, 3.63) is 49.9 Å². The summed E-state index contributed by atoms with van der Waals surface area (Å²) in [7, 11) is 0. The summed E-state index contributed by atoms with van der Waals surface area (Å²) >= 11 is 7.91. The fourth-order valence-electron chi connectivity index (χ4n) is 4.27. The SMILES string of the molecule is CSc1cc(C)[nH]c(=O)c1CNC(=O)c1cc(Cl)c2c(c1C)OC1(CCC(C=O)CC1)O2. The average molecular weight is 477 g/mol. The van der Waals surface area contributed by atoms with Gasteiger partial charge >= 0.3 is 0 Å². The monoisotopic (exact) mass is 476 g/mol. The zero-order valence-electron chi connectivity index (χ0n) is 18.2.